The van der Waals surface area contributed by atoms with Gasteiger partial charge in [-0.1, -0.05) is 24.3 Å². The molecule has 0 amide bonds. The summed E-state index contributed by atoms with van der Waals surface area (Å²) in [4.78, 5) is 22.5. The first kappa shape index (κ1) is 21.6. The number of nitrogens with one attached hydrogen (secondary N) is 3. The van der Waals surface area contributed by atoms with Crippen LogP contribution < -0.4 is 10.6 Å². The molecule has 1 saturated heterocycles. The van der Waals surface area contributed by atoms with Crippen molar-refractivity contribution in [1.29, 1.82) is 0 Å². The van der Waals surface area contributed by atoms with E-state index >= 15 is 0 Å². The Balaban J connectivity index is 1.19. The van der Waals surface area contributed by atoms with Crippen molar-refractivity contribution < 1.29 is 0 Å². The van der Waals surface area contributed by atoms with Crippen LogP contribution in [0.1, 0.15) is 12.2 Å². The molecular weight excluding hydrogens is 412 g/mol. The van der Waals surface area contributed by atoms with E-state index in [-0.39, 0.29) is 0 Å². The fourth-order valence-corrected chi connectivity index (χ4v) is 4.29. The number of nitrogens with zero attached hydrogens (tertiary/aromatic N) is 5. The number of piperazine rings is 1. The third-order valence-electron chi connectivity index (χ3n) is 6.23. The molecule has 1 fully saturated rings. The molecule has 5 rings (SSSR count). The van der Waals surface area contributed by atoms with E-state index < -0.39 is 0 Å². The summed E-state index contributed by atoms with van der Waals surface area (Å²) < 4.78 is 0. The molecule has 0 bridgehead atoms. The van der Waals surface area contributed by atoms with Gasteiger partial charge < -0.3 is 25.4 Å². The quantitative estimate of drug-likeness (QED) is 0.342. The van der Waals surface area contributed by atoms with E-state index in [1.165, 1.54) is 0 Å². The average Bonchev–Trinajstić information content (AvgIpc) is 3.26. The van der Waals surface area contributed by atoms with Gasteiger partial charge in [0.15, 0.2) is 0 Å². The summed E-state index contributed by atoms with van der Waals surface area (Å²) in [6.07, 6.45) is 1.87. The molecule has 8 heteroatoms. The van der Waals surface area contributed by atoms with Gasteiger partial charge in [0.25, 0.3) is 0 Å². The molecule has 4 aromatic rings. The molecule has 2 aromatic heterocycles. The Hall–Kier alpha value is -3.23. The lowest BCUT2D eigenvalue weighted by molar-refractivity contribution is 0.154. The van der Waals surface area contributed by atoms with E-state index in [0.717, 1.165) is 85.7 Å². The Morgan fingerprint density at radius 3 is 2.48 bits per heavy atom. The normalized spacial score (nSPS) is 15.3. The average molecular weight is 445 g/mol. The minimum absolute atomic E-state index is 0.645. The Labute approximate surface area is 194 Å². The van der Waals surface area contributed by atoms with E-state index in [1.54, 1.807) is 0 Å². The summed E-state index contributed by atoms with van der Waals surface area (Å²) in [7, 11) is 2.20. The first-order chi connectivity index (χ1) is 16.2. The zero-order chi connectivity index (χ0) is 22.5. The van der Waals surface area contributed by atoms with Crippen LogP contribution in [0.4, 0.5) is 11.8 Å². The van der Waals surface area contributed by atoms with Crippen molar-refractivity contribution in [3.63, 3.8) is 0 Å². The lowest BCUT2D eigenvalue weighted by Gasteiger charge is -2.32. The van der Waals surface area contributed by atoms with Gasteiger partial charge in [-0.2, -0.15) is 4.98 Å². The van der Waals surface area contributed by atoms with E-state index in [0.29, 0.717) is 12.5 Å². The van der Waals surface area contributed by atoms with Gasteiger partial charge in [0.1, 0.15) is 11.6 Å². The Morgan fingerprint density at radius 1 is 0.848 bits per heavy atom. The predicted molar refractivity (Wildman–Crippen MR) is 135 cm³/mol. The largest absolute Gasteiger partial charge is 0.369 e. The molecule has 8 nitrogen and oxygen atoms in total. The number of H-pyrrole nitrogens is 1. The second-order valence-electron chi connectivity index (χ2n) is 8.72. The maximum Gasteiger partial charge on any atom is 0.225 e. The van der Waals surface area contributed by atoms with Gasteiger partial charge in [-0.05, 0) is 44.3 Å². The number of likely N-dealkylation sites (N-methyl/N-ethyl adjacent to an activating group) is 1. The molecule has 0 atom stereocenters. The number of aromatic amines is 1. The van der Waals surface area contributed by atoms with Crippen molar-refractivity contribution in [2.24, 2.45) is 0 Å². The Kier molecular flexibility index (Phi) is 6.64. The number of hydrogen-bond donors (Lipinski definition) is 3. The summed E-state index contributed by atoms with van der Waals surface area (Å²) in [6, 6.07) is 16.3. The molecule has 2 aromatic carbocycles. The lowest BCUT2D eigenvalue weighted by atomic mass is 10.2. The van der Waals surface area contributed by atoms with E-state index in [1.807, 2.05) is 42.5 Å². The summed E-state index contributed by atoms with van der Waals surface area (Å²) in [5.74, 6) is 2.50. The Bertz CT molecular complexity index is 1160. The van der Waals surface area contributed by atoms with E-state index in [4.69, 9.17) is 9.97 Å². The maximum absolute atomic E-state index is 4.78. The van der Waals surface area contributed by atoms with Crippen molar-refractivity contribution in [2.75, 3.05) is 63.5 Å². The third-order valence-corrected chi connectivity index (χ3v) is 6.23. The Morgan fingerprint density at radius 2 is 1.64 bits per heavy atom. The van der Waals surface area contributed by atoms with Crippen LogP contribution in [-0.4, -0.2) is 82.6 Å². The fourth-order valence-electron chi connectivity index (χ4n) is 4.29. The van der Waals surface area contributed by atoms with Crippen LogP contribution in [0.3, 0.4) is 0 Å². The molecule has 1 aliphatic heterocycles. The molecule has 0 saturated carbocycles. The van der Waals surface area contributed by atoms with Gasteiger partial charge in [0, 0.05) is 51.1 Å². The molecule has 0 radical (unpaired) electrons. The monoisotopic (exact) mass is 444 g/mol. The zero-order valence-corrected chi connectivity index (χ0v) is 19.2. The molecule has 3 heterocycles. The highest BCUT2D eigenvalue weighted by Crippen LogP contribution is 2.22. The van der Waals surface area contributed by atoms with Crippen LogP contribution >= 0.6 is 0 Å². The van der Waals surface area contributed by atoms with Gasteiger partial charge in [-0.3, -0.25) is 0 Å². The summed E-state index contributed by atoms with van der Waals surface area (Å²) >= 11 is 0. The van der Waals surface area contributed by atoms with E-state index in [2.05, 4.69) is 43.5 Å². The topological polar surface area (TPSA) is 85.0 Å². The van der Waals surface area contributed by atoms with Crippen LogP contribution in [0.5, 0.6) is 0 Å². The summed E-state index contributed by atoms with van der Waals surface area (Å²) in [5.41, 5.74) is 3.01. The van der Waals surface area contributed by atoms with E-state index in [9.17, 15) is 0 Å². The molecule has 3 N–H and O–H groups in total. The smallest absolute Gasteiger partial charge is 0.225 e. The number of anilines is 2. The highest BCUT2D eigenvalue weighted by molar-refractivity contribution is 5.90. The third kappa shape index (κ3) is 5.40. The van der Waals surface area contributed by atoms with Gasteiger partial charge in [-0.25, -0.2) is 9.97 Å². The fraction of sp³-hybridized carbons (Fsp3) is 0.400. The number of aromatic nitrogens is 4. The molecule has 1 aliphatic rings. The molecular formula is C25H32N8. The predicted octanol–water partition coefficient (Wildman–Crippen LogP) is 3.21. The number of para-hydroxylation sites is 3. The van der Waals surface area contributed by atoms with Crippen molar-refractivity contribution in [3.8, 4) is 0 Å². The molecule has 0 spiro atoms. The number of hydrogen-bond acceptors (Lipinski definition) is 7. The van der Waals surface area contributed by atoms with Gasteiger partial charge >= 0.3 is 0 Å². The van der Waals surface area contributed by atoms with Gasteiger partial charge in [0.05, 0.1) is 16.6 Å². The molecule has 33 heavy (non-hydrogen) atoms. The van der Waals surface area contributed by atoms with Crippen LogP contribution in [0, 0.1) is 0 Å². The highest BCUT2D eigenvalue weighted by atomic mass is 15.2. The first-order valence-corrected chi connectivity index (χ1v) is 11.8. The standard InChI is InChI=1S/C25H32N8/c1-32-15-17-33(18-16-32)14-6-12-26-24-19-7-2-3-8-20(19)30-25(31-24)27-13-11-23-28-21-9-4-5-10-22(21)29-23/h2-5,7-10H,6,11-18H2,1H3,(H,28,29)(H2,26,27,30,31). The summed E-state index contributed by atoms with van der Waals surface area (Å²) in [5, 5.41) is 7.99. The molecule has 172 valence electrons. The van der Waals surface area contributed by atoms with Crippen LogP contribution in [0.25, 0.3) is 21.9 Å². The molecule has 0 unspecified atom stereocenters. The first-order valence-electron chi connectivity index (χ1n) is 11.8. The number of benzene rings is 2. The minimum atomic E-state index is 0.645. The number of fused-ring (bicyclic) bond motifs is 2. The highest BCUT2D eigenvalue weighted by Gasteiger charge is 2.13. The number of rotatable bonds is 9. The van der Waals surface area contributed by atoms with Crippen LogP contribution in [0.2, 0.25) is 0 Å². The van der Waals surface area contributed by atoms with Crippen molar-refractivity contribution >= 4 is 33.7 Å². The summed E-state index contributed by atoms with van der Waals surface area (Å²) in [6.45, 7) is 7.36. The van der Waals surface area contributed by atoms with Gasteiger partial charge in [0.2, 0.25) is 5.95 Å². The minimum Gasteiger partial charge on any atom is -0.369 e. The second kappa shape index (κ2) is 10.1. The van der Waals surface area contributed by atoms with Crippen LogP contribution in [-0.2, 0) is 6.42 Å². The van der Waals surface area contributed by atoms with Crippen molar-refractivity contribution in [2.45, 2.75) is 12.8 Å². The maximum atomic E-state index is 4.78. The van der Waals surface area contributed by atoms with Gasteiger partial charge in [-0.15, -0.1) is 0 Å². The second-order valence-corrected chi connectivity index (χ2v) is 8.72. The van der Waals surface area contributed by atoms with Crippen molar-refractivity contribution in [3.05, 3.63) is 54.4 Å². The lowest BCUT2D eigenvalue weighted by Crippen LogP contribution is -2.44. The number of imidazole rings is 1. The van der Waals surface area contributed by atoms with Crippen molar-refractivity contribution in [1.82, 2.24) is 29.7 Å². The van der Waals surface area contributed by atoms with Crippen LogP contribution in [0.15, 0.2) is 48.5 Å². The SMILES string of the molecule is CN1CCN(CCCNc2nc(NCCc3nc4ccccc4[nH]3)nc3ccccc23)CC1. The zero-order valence-electron chi connectivity index (χ0n) is 19.2. The molecule has 0 aliphatic carbocycles.